The van der Waals surface area contributed by atoms with Gasteiger partial charge < -0.3 is 0 Å². The molecule has 18 rings (SSSR count). The molecular formula is C108H100. The van der Waals surface area contributed by atoms with Crippen LogP contribution >= 0.6 is 0 Å². The number of fused-ring (bicyclic) bond motifs is 8. The van der Waals surface area contributed by atoms with E-state index in [0.717, 1.165) is 6.42 Å². The van der Waals surface area contributed by atoms with Crippen LogP contribution in [0.25, 0.3) is 110 Å². The zero-order valence-corrected chi connectivity index (χ0v) is 64.2. The van der Waals surface area contributed by atoms with Crippen LogP contribution in [0.5, 0.6) is 0 Å². The molecule has 532 valence electrons. The van der Waals surface area contributed by atoms with Crippen LogP contribution < -0.4 is 0 Å². The van der Waals surface area contributed by atoms with Crippen molar-refractivity contribution in [1.29, 1.82) is 0 Å². The van der Waals surface area contributed by atoms with E-state index in [9.17, 15) is 0 Å². The molecule has 0 saturated heterocycles. The zero-order chi connectivity index (χ0) is 75.5. The second-order valence-electron chi connectivity index (χ2n) is 27.0. The van der Waals surface area contributed by atoms with Crippen molar-refractivity contribution in [3.05, 3.63) is 468 Å². The van der Waals surface area contributed by atoms with Gasteiger partial charge in [0, 0.05) is 0 Å². The summed E-state index contributed by atoms with van der Waals surface area (Å²) in [6, 6.07) is 138. The van der Waals surface area contributed by atoms with Crippen LogP contribution in [0.3, 0.4) is 0 Å². The molecule has 0 heteroatoms. The summed E-state index contributed by atoms with van der Waals surface area (Å²) in [5.41, 5.74) is 14.4. The van der Waals surface area contributed by atoms with Crippen LogP contribution in [-0.4, -0.2) is 0 Å². The van der Waals surface area contributed by atoms with Gasteiger partial charge in [-0.1, -0.05) is 424 Å². The van der Waals surface area contributed by atoms with E-state index in [0.29, 0.717) is 0 Å². The second-order valence-corrected chi connectivity index (χ2v) is 27.0. The van der Waals surface area contributed by atoms with Gasteiger partial charge in [-0.3, -0.25) is 0 Å². The minimum atomic E-state index is 1.14. The SMILES string of the molecule is C/C=C/c1ccccc1.C/C=C\c1ccccc1.CCc1ccccc1.Cc1c2ccccc2cc2ccccc12.Cc1ccc(/C=C/c2ccccc2)cc1.Cc1ccc2cc3ccccc3cc2c1.Cc1ccc2ccccc2c1.Cc1cccc2cc3ccccc3cc12.Cc1cccc2ccccc12. The molecule has 0 bridgehead atoms. The number of allylic oxidation sites excluding steroid dienone is 2. The lowest BCUT2D eigenvalue weighted by Gasteiger charge is -2.06. The molecule has 0 saturated carbocycles. The number of aryl methyl sites for hydroxylation is 7. The molecule has 0 spiro atoms. The lowest BCUT2D eigenvalue weighted by Crippen LogP contribution is -1.81. The summed E-state index contributed by atoms with van der Waals surface area (Å²) in [6.45, 7) is 19.1. The Kier molecular flexibility index (Phi) is 30.0. The summed E-state index contributed by atoms with van der Waals surface area (Å²) in [5.74, 6) is 0. The predicted molar refractivity (Wildman–Crippen MR) is 481 cm³/mol. The summed E-state index contributed by atoms with van der Waals surface area (Å²) in [4.78, 5) is 0. The molecule has 0 aromatic heterocycles. The molecule has 0 atom stereocenters. The summed E-state index contributed by atoms with van der Waals surface area (Å²) in [7, 11) is 0. The van der Waals surface area contributed by atoms with E-state index in [1.54, 1.807) is 0 Å². The van der Waals surface area contributed by atoms with Crippen molar-refractivity contribution in [2.24, 2.45) is 0 Å². The zero-order valence-electron chi connectivity index (χ0n) is 64.2. The summed E-state index contributed by atoms with van der Waals surface area (Å²) >= 11 is 0. The van der Waals surface area contributed by atoms with Crippen LogP contribution in [0.2, 0.25) is 0 Å². The average molecular weight is 1400 g/mol. The Bertz CT molecular complexity index is 5690. The van der Waals surface area contributed by atoms with Crippen molar-refractivity contribution in [2.75, 3.05) is 0 Å². The van der Waals surface area contributed by atoms with Gasteiger partial charge in [0.25, 0.3) is 0 Å². The average Bonchev–Trinajstić information content (AvgIpc) is 0.783. The Morgan fingerprint density at radius 1 is 0.194 bits per heavy atom. The third-order valence-corrected chi connectivity index (χ3v) is 18.7. The van der Waals surface area contributed by atoms with Gasteiger partial charge in [-0.05, 0) is 223 Å². The summed E-state index contributed by atoms with van der Waals surface area (Å²) in [5, 5.41) is 21.3. The summed E-state index contributed by atoms with van der Waals surface area (Å²) in [6.07, 6.45) is 13.6. The monoisotopic (exact) mass is 1400 g/mol. The Morgan fingerprint density at radius 3 is 0.954 bits per heavy atom. The molecule has 0 aliphatic heterocycles. The van der Waals surface area contributed by atoms with E-state index in [-0.39, 0.29) is 0 Å². The van der Waals surface area contributed by atoms with Crippen molar-refractivity contribution in [3.63, 3.8) is 0 Å². The van der Waals surface area contributed by atoms with Gasteiger partial charge in [-0.2, -0.15) is 0 Å². The molecule has 0 heterocycles. The molecule has 108 heavy (non-hydrogen) atoms. The minimum Gasteiger partial charge on any atom is -0.0871 e. The third kappa shape index (κ3) is 23.9. The minimum absolute atomic E-state index is 1.14. The molecule has 18 aromatic rings. The van der Waals surface area contributed by atoms with E-state index < -0.39 is 0 Å². The first-order valence-corrected chi connectivity index (χ1v) is 37.6. The molecule has 0 amide bonds. The van der Waals surface area contributed by atoms with E-state index in [2.05, 4.69) is 419 Å². The molecule has 0 unspecified atom stereocenters. The second kappa shape index (κ2) is 41.7. The van der Waals surface area contributed by atoms with Gasteiger partial charge in [0.2, 0.25) is 0 Å². The number of hydrogen-bond donors (Lipinski definition) is 0. The highest BCUT2D eigenvalue weighted by atomic mass is 14.1. The van der Waals surface area contributed by atoms with Gasteiger partial charge in [0.1, 0.15) is 0 Å². The Hall–Kier alpha value is -12.7. The smallest absolute Gasteiger partial charge is 0.0148 e. The summed E-state index contributed by atoms with van der Waals surface area (Å²) < 4.78 is 0. The quantitative estimate of drug-likeness (QED) is 0.119. The van der Waals surface area contributed by atoms with E-state index >= 15 is 0 Å². The first-order chi connectivity index (χ1) is 52.9. The van der Waals surface area contributed by atoms with Crippen molar-refractivity contribution in [1.82, 2.24) is 0 Å². The van der Waals surface area contributed by atoms with Crippen LogP contribution in [-0.2, 0) is 6.42 Å². The molecule has 0 aliphatic rings. The van der Waals surface area contributed by atoms with Crippen molar-refractivity contribution in [2.45, 2.75) is 68.7 Å². The van der Waals surface area contributed by atoms with E-state index in [1.807, 2.05) is 74.5 Å². The highest BCUT2D eigenvalue weighted by Gasteiger charge is 2.04. The van der Waals surface area contributed by atoms with Gasteiger partial charge in [-0.25, -0.2) is 0 Å². The van der Waals surface area contributed by atoms with E-state index in [1.165, 1.54) is 147 Å². The maximum absolute atomic E-state index is 2.28. The maximum atomic E-state index is 2.28. The Labute approximate surface area is 642 Å². The first kappa shape index (κ1) is 77.9. The van der Waals surface area contributed by atoms with Gasteiger partial charge in [0.05, 0.1) is 0 Å². The lowest BCUT2D eigenvalue weighted by atomic mass is 9.98. The Morgan fingerprint density at radius 2 is 0.491 bits per heavy atom. The molecule has 0 fully saturated rings. The molecule has 0 aliphatic carbocycles. The van der Waals surface area contributed by atoms with Crippen LogP contribution in [0, 0.1) is 41.5 Å². The maximum Gasteiger partial charge on any atom is -0.0148 e. The van der Waals surface area contributed by atoms with Gasteiger partial charge in [-0.15, -0.1) is 0 Å². The first-order valence-electron chi connectivity index (χ1n) is 37.6. The fourth-order valence-corrected chi connectivity index (χ4v) is 12.8. The molecule has 0 nitrogen and oxygen atoms in total. The largest absolute Gasteiger partial charge is 0.0871 e. The highest BCUT2D eigenvalue weighted by Crippen LogP contribution is 2.29. The van der Waals surface area contributed by atoms with Crippen molar-refractivity contribution < 1.29 is 0 Å². The number of benzene rings is 18. The molecule has 0 N–H and O–H groups in total. The van der Waals surface area contributed by atoms with E-state index in [4.69, 9.17) is 0 Å². The Balaban J connectivity index is 0.000000131. The van der Waals surface area contributed by atoms with Crippen LogP contribution in [0.15, 0.2) is 406 Å². The fourth-order valence-electron chi connectivity index (χ4n) is 12.8. The molecule has 0 radical (unpaired) electrons. The lowest BCUT2D eigenvalue weighted by molar-refractivity contribution is 1.14. The predicted octanol–water partition coefficient (Wildman–Crippen LogP) is 31.1. The number of hydrogen-bond acceptors (Lipinski definition) is 0. The molecule has 18 aromatic carbocycles. The standard InChI is InChI=1S/3C15H12.C15H14.2C11H10.2C9H10.C8H10/c1-11-14-8-4-2-6-12(14)10-13-7-3-5-9-15(11)13;1-11-5-4-8-14-9-12-6-2-3-7-13(12)10-15(11)14;1-11-6-7-14-9-12-4-2-3-5-13(12)10-15(14)8-11;1-13-7-9-15(10-8-13)12-11-14-5-3-2-4-6-14;1-9-5-4-7-10-6-2-3-8-11(9)10;1-9-6-7-10-4-2-3-5-11(10)8-9;2*1-2-6-9-7-4-3-5-8-9;1-2-8-6-4-3-5-7-8/h3*2-10H,1H3;2-12H,1H3;2*2-8H,1H3;2*2-8H,1H3;3-7H,2H2,1H3/b;;;12-11+;;;6-2+;6-2-;. The van der Waals surface area contributed by atoms with Crippen LogP contribution in [0.4, 0.5) is 0 Å². The normalized spacial score (nSPS) is 10.6. The topological polar surface area (TPSA) is 0 Å². The van der Waals surface area contributed by atoms with Crippen molar-refractivity contribution >= 4 is 110 Å². The van der Waals surface area contributed by atoms with Gasteiger partial charge in [0.15, 0.2) is 0 Å². The highest BCUT2D eigenvalue weighted by molar-refractivity contribution is 6.03. The van der Waals surface area contributed by atoms with Gasteiger partial charge >= 0.3 is 0 Å². The van der Waals surface area contributed by atoms with Crippen molar-refractivity contribution in [3.8, 4) is 0 Å². The fraction of sp³-hybridized carbons (Fsp3) is 0.0926. The van der Waals surface area contributed by atoms with Crippen LogP contribution in [0.1, 0.15) is 82.0 Å². The third-order valence-electron chi connectivity index (χ3n) is 18.7. The number of rotatable bonds is 5. The molecular weight excluding hydrogens is 1300 g/mol.